The van der Waals surface area contributed by atoms with Gasteiger partial charge in [-0.05, 0) is 60.9 Å². The molecule has 0 aliphatic rings. The summed E-state index contributed by atoms with van der Waals surface area (Å²) in [7, 11) is 0. The van der Waals surface area contributed by atoms with Crippen LogP contribution < -0.4 is 14.4 Å². The minimum absolute atomic E-state index is 0.0725. The monoisotopic (exact) mass is 446 g/mol. The molecule has 0 bridgehead atoms. The molecule has 164 valence electrons. The molecule has 0 aliphatic heterocycles. The summed E-state index contributed by atoms with van der Waals surface area (Å²) in [4.78, 5) is 19.7. The molecule has 0 fully saturated rings. The van der Waals surface area contributed by atoms with Crippen molar-refractivity contribution in [3.8, 4) is 11.5 Å². The molecule has 1 amide bonds. The van der Waals surface area contributed by atoms with E-state index in [1.807, 2.05) is 67.6 Å². The van der Waals surface area contributed by atoms with Gasteiger partial charge in [0.2, 0.25) is 0 Å². The zero-order valence-corrected chi connectivity index (χ0v) is 19.1. The number of anilines is 1. The number of carbonyl (C=O) groups excluding carboxylic acids is 1. The molecule has 32 heavy (non-hydrogen) atoms. The number of nitrogens with zero attached hydrogens (tertiary/aromatic N) is 2. The Hall–Kier alpha value is -3.38. The number of rotatable bonds is 9. The van der Waals surface area contributed by atoms with Gasteiger partial charge in [0.15, 0.2) is 11.7 Å². The van der Waals surface area contributed by atoms with Crippen LogP contribution in [0.3, 0.4) is 0 Å². The second-order valence-electron chi connectivity index (χ2n) is 7.31. The maximum absolute atomic E-state index is 13.2. The van der Waals surface area contributed by atoms with Crippen molar-refractivity contribution < 1.29 is 14.3 Å². The number of aryl methyl sites for hydroxylation is 1. The molecule has 1 heterocycles. The number of ether oxygens (including phenoxy) is 2. The summed E-state index contributed by atoms with van der Waals surface area (Å²) < 4.78 is 12.3. The molecule has 4 aromatic rings. The largest absolute Gasteiger partial charge is 0.494 e. The highest BCUT2D eigenvalue weighted by molar-refractivity contribution is 7.22. The van der Waals surface area contributed by atoms with Crippen molar-refractivity contribution in [3.05, 3.63) is 83.9 Å². The topological polar surface area (TPSA) is 51.7 Å². The van der Waals surface area contributed by atoms with E-state index in [0.29, 0.717) is 24.0 Å². The lowest BCUT2D eigenvalue weighted by atomic mass is 10.2. The van der Waals surface area contributed by atoms with E-state index in [1.54, 1.807) is 4.90 Å². The van der Waals surface area contributed by atoms with Gasteiger partial charge in [-0.3, -0.25) is 9.69 Å². The second kappa shape index (κ2) is 10.3. The molecule has 5 nitrogen and oxygen atoms in total. The first-order chi connectivity index (χ1) is 15.7. The number of amides is 1. The van der Waals surface area contributed by atoms with Gasteiger partial charge in [0.05, 0.1) is 23.4 Å². The third kappa shape index (κ3) is 5.26. The van der Waals surface area contributed by atoms with Crippen molar-refractivity contribution in [2.75, 3.05) is 18.1 Å². The number of benzene rings is 3. The SMILES string of the molecule is CCOc1ccc(OCC(=O)N(Cc2ccccc2)c2nc3ccc(CC)cc3s2)cc1. The molecule has 0 spiro atoms. The Morgan fingerprint density at radius 1 is 0.906 bits per heavy atom. The molecule has 6 heteroatoms. The fourth-order valence-electron chi connectivity index (χ4n) is 3.34. The van der Waals surface area contributed by atoms with Crippen molar-refractivity contribution in [1.29, 1.82) is 0 Å². The van der Waals surface area contributed by atoms with Gasteiger partial charge in [-0.25, -0.2) is 4.98 Å². The number of fused-ring (bicyclic) bond motifs is 1. The Balaban J connectivity index is 1.55. The van der Waals surface area contributed by atoms with E-state index in [9.17, 15) is 4.79 Å². The zero-order valence-electron chi connectivity index (χ0n) is 18.3. The van der Waals surface area contributed by atoms with Crippen LogP contribution in [0.5, 0.6) is 11.5 Å². The molecule has 3 aromatic carbocycles. The van der Waals surface area contributed by atoms with Crippen LogP contribution in [0.1, 0.15) is 25.0 Å². The van der Waals surface area contributed by atoms with Crippen LogP contribution in [0.2, 0.25) is 0 Å². The Morgan fingerprint density at radius 2 is 1.62 bits per heavy atom. The predicted molar refractivity (Wildman–Crippen MR) is 130 cm³/mol. The molecule has 0 saturated heterocycles. The minimum atomic E-state index is -0.141. The first-order valence-electron chi connectivity index (χ1n) is 10.8. The highest BCUT2D eigenvalue weighted by Crippen LogP contribution is 2.31. The van der Waals surface area contributed by atoms with Gasteiger partial charge in [0.25, 0.3) is 5.91 Å². The van der Waals surface area contributed by atoms with Crippen molar-refractivity contribution in [2.24, 2.45) is 0 Å². The third-order valence-corrected chi connectivity index (χ3v) is 6.10. The first-order valence-corrected chi connectivity index (χ1v) is 11.6. The van der Waals surface area contributed by atoms with Gasteiger partial charge < -0.3 is 9.47 Å². The van der Waals surface area contributed by atoms with Crippen LogP contribution in [0.25, 0.3) is 10.2 Å². The van der Waals surface area contributed by atoms with Crippen LogP contribution in [0, 0.1) is 0 Å². The molecule has 0 N–H and O–H groups in total. The van der Waals surface area contributed by atoms with Crippen LogP contribution in [-0.4, -0.2) is 24.1 Å². The quantitative estimate of drug-likeness (QED) is 0.323. The summed E-state index contributed by atoms with van der Waals surface area (Å²) in [5, 5.41) is 0.678. The van der Waals surface area contributed by atoms with Crippen molar-refractivity contribution in [2.45, 2.75) is 26.8 Å². The van der Waals surface area contributed by atoms with Gasteiger partial charge >= 0.3 is 0 Å². The smallest absolute Gasteiger partial charge is 0.267 e. The molecule has 0 atom stereocenters. The van der Waals surface area contributed by atoms with E-state index in [4.69, 9.17) is 14.5 Å². The summed E-state index contributed by atoms with van der Waals surface area (Å²) in [5.74, 6) is 1.26. The lowest BCUT2D eigenvalue weighted by Crippen LogP contribution is -2.34. The highest BCUT2D eigenvalue weighted by Gasteiger charge is 2.21. The van der Waals surface area contributed by atoms with Gasteiger partial charge in [-0.2, -0.15) is 0 Å². The maximum atomic E-state index is 13.2. The Labute approximate surface area is 192 Å². The molecule has 0 aliphatic carbocycles. The third-order valence-electron chi connectivity index (χ3n) is 5.06. The van der Waals surface area contributed by atoms with Gasteiger partial charge in [-0.1, -0.05) is 54.7 Å². The summed E-state index contributed by atoms with van der Waals surface area (Å²) in [5.41, 5.74) is 3.20. The lowest BCUT2D eigenvalue weighted by molar-refractivity contribution is -0.120. The molecule has 4 rings (SSSR count). The summed E-state index contributed by atoms with van der Waals surface area (Å²) in [6, 6.07) is 23.5. The van der Waals surface area contributed by atoms with Crippen LogP contribution in [0.4, 0.5) is 5.13 Å². The normalized spacial score (nSPS) is 10.8. The van der Waals surface area contributed by atoms with E-state index in [1.165, 1.54) is 16.9 Å². The van der Waals surface area contributed by atoms with Crippen LogP contribution in [-0.2, 0) is 17.8 Å². The lowest BCUT2D eigenvalue weighted by Gasteiger charge is -2.20. The molecular formula is C26H26N2O3S. The fourth-order valence-corrected chi connectivity index (χ4v) is 4.39. The van der Waals surface area contributed by atoms with Crippen LogP contribution in [0.15, 0.2) is 72.8 Å². The standard InChI is InChI=1S/C26H26N2O3S/c1-3-19-10-15-23-24(16-19)32-26(27-23)28(17-20-8-6-5-7-9-20)25(29)18-31-22-13-11-21(12-14-22)30-4-2/h5-16H,3-4,17-18H2,1-2H3. The maximum Gasteiger partial charge on any atom is 0.267 e. The zero-order chi connectivity index (χ0) is 22.3. The van der Waals surface area contributed by atoms with Crippen molar-refractivity contribution in [1.82, 2.24) is 4.98 Å². The summed E-state index contributed by atoms with van der Waals surface area (Å²) in [6.07, 6.45) is 0.964. The number of hydrogen-bond donors (Lipinski definition) is 0. The molecule has 0 unspecified atom stereocenters. The Bertz CT molecular complexity index is 1170. The summed E-state index contributed by atoms with van der Waals surface area (Å²) >= 11 is 1.53. The van der Waals surface area contributed by atoms with E-state index in [-0.39, 0.29) is 12.5 Å². The fraction of sp³-hybridized carbons (Fsp3) is 0.231. The molecule has 1 aromatic heterocycles. The van der Waals surface area contributed by atoms with E-state index >= 15 is 0 Å². The van der Waals surface area contributed by atoms with Crippen LogP contribution >= 0.6 is 11.3 Å². The van der Waals surface area contributed by atoms with E-state index < -0.39 is 0 Å². The van der Waals surface area contributed by atoms with Crippen molar-refractivity contribution in [3.63, 3.8) is 0 Å². The Kier molecular flexibility index (Phi) is 7.02. The van der Waals surface area contributed by atoms with E-state index in [0.717, 1.165) is 28.0 Å². The second-order valence-corrected chi connectivity index (χ2v) is 8.32. The van der Waals surface area contributed by atoms with Gasteiger partial charge in [0, 0.05) is 0 Å². The van der Waals surface area contributed by atoms with Gasteiger partial charge in [-0.15, -0.1) is 0 Å². The number of hydrogen-bond acceptors (Lipinski definition) is 5. The Morgan fingerprint density at radius 3 is 2.31 bits per heavy atom. The number of thiazole rings is 1. The highest BCUT2D eigenvalue weighted by atomic mass is 32.1. The number of carbonyl (C=O) groups is 1. The predicted octanol–water partition coefficient (Wildman–Crippen LogP) is 5.87. The molecule has 0 saturated carbocycles. The first kappa shape index (κ1) is 21.8. The molecular weight excluding hydrogens is 420 g/mol. The number of aromatic nitrogens is 1. The summed E-state index contributed by atoms with van der Waals surface area (Å²) in [6.45, 7) is 5.04. The van der Waals surface area contributed by atoms with Crippen molar-refractivity contribution >= 4 is 32.6 Å². The van der Waals surface area contributed by atoms with E-state index in [2.05, 4.69) is 19.1 Å². The minimum Gasteiger partial charge on any atom is -0.494 e. The average Bonchev–Trinajstić information content (AvgIpc) is 3.25. The van der Waals surface area contributed by atoms with Gasteiger partial charge in [0.1, 0.15) is 11.5 Å². The average molecular weight is 447 g/mol. The molecule has 0 radical (unpaired) electrons.